The number of ether oxygens (including phenoxy) is 1. The Morgan fingerprint density at radius 2 is 1.72 bits per heavy atom. The SMILES string of the molecule is CCOC(=O)N1CCN(C(=O)Nc2nc(CC(=O)Nc3ccc(C(N)=O)cc3)cs2)CC1. The van der Waals surface area contributed by atoms with Gasteiger partial charge in [-0.25, -0.2) is 14.6 Å². The smallest absolute Gasteiger partial charge is 0.409 e. The third-order valence-corrected chi connectivity index (χ3v) is 5.46. The van der Waals surface area contributed by atoms with Gasteiger partial charge < -0.3 is 25.6 Å². The number of piperazine rings is 1. The molecule has 11 nitrogen and oxygen atoms in total. The van der Waals surface area contributed by atoms with Gasteiger partial charge >= 0.3 is 12.1 Å². The number of benzene rings is 1. The van der Waals surface area contributed by atoms with E-state index in [1.165, 1.54) is 23.5 Å². The van der Waals surface area contributed by atoms with Gasteiger partial charge in [-0.05, 0) is 31.2 Å². The number of nitrogens with one attached hydrogen (secondary N) is 2. The number of anilines is 2. The molecule has 0 aliphatic carbocycles. The fourth-order valence-corrected chi connectivity index (χ4v) is 3.71. The molecule has 170 valence electrons. The summed E-state index contributed by atoms with van der Waals surface area (Å²) in [6, 6.07) is 5.93. The Balaban J connectivity index is 1.46. The Morgan fingerprint density at radius 1 is 1.06 bits per heavy atom. The van der Waals surface area contributed by atoms with E-state index in [9.17, 15) is 19.2 Å². The van der Waals surface area contributed by atoms with E-state index in [0.29, 0.717) is 54.9 Å². The number of urea groups is 1. The van der Waals surface area contributed by atoms with Crippen LogP contribution >= 0.6 is 11.3 Å². The van der Waals surface area contributed by atoms with E-state index >= 15 is 0 Å². The molecule has 1 aromatic heterocycles. The number of carbonyl (C=O) groups is 4. The molecule has 1 saturated heterocycles. The Kier molecular flexibility index (Phi) is 7.60. The van der Waals surface area contributed by atoms with E-state index in [0.717, 1.165) is 0 Å². The lowest BCUT2D eigenvalue weighted by Gasteiger charge is -2.33. The van der Waals surface area contributed by atoms with Crippen molar-refractivity contribution in [2.45, 2.75) is 13.3 Å². The van der Waals surface area contributed by atoms with Crippen LogP contribution in [0.15, 0.2) is 29.6 Å². The molecule has 12 heteroatoms. The highest BCUT2D eigenvalue weighted by atomic mass is 32.1. The Labute approximate surface area is 188 Å². The second-order valence-electron chi connectivity index (χ2n) is 6.91. The molecule has 0 bridgehead atoms. The van der Waals surface area contributed by atoms with E-state index in [1.807, 2.05) is 0 Å². The summed E-state index contributed by atoms with van der Waals surface area (Å²) in [6.45, 7) is 3.63. The first-order valence-corrected chi connectivity index (χ1v) is 10.9. The van der Waals surface area contributed by atoms with Crippen molar-refractivity contribution >= 4 is 46.1 Å². The topological polar surface area (TPSA) is 147 Å². The molecule has 32 heavy (non-hydrogen) atoms. The minimum atomic E-state index is -0.541. The molecular weight excluding hydrogens is 436 g/mol. The van der Waals surface area contributed by atoms with Gasteiger partial charge in [-0.1, -0.05) is 0 Å². The van der Waals surface area contributed by atoms with Gasteiger partial charge in [0.2, 0.25) is 11.8 Å². The van der Waals surface area contributed by atoms with Crippen molar-refractivity contribution in [1.82, 2.24) is 14.8 Å². The summed E-state index contributed by atoms with van der Waals surface area (Å²) in [5, 5.41) is 7.53. The van der Waals surface area contributed by atoms with Crippen LogP contribution in [0.25, 0.3) is 0 Å². The number of hydrogen-bond donors (Lipinski definition) is 3. The Bertz CT molecular complexity index is 985. The minimum Gasteiger partial charge on any atom is -0.450 e. The standard InChI is InChI=1S/C20H24N6O5S/c1-2-31-20(30)26-9-7-25(8-10-26)19(29)24-18-23-15(12-32-18)11-16(27)22-14-5-3-13(4-6-14)17(21)28/h3-6,12H,2,7-11H2,1H3,(H2,21,28)(H,22,27)(H,23,24,29). The summed E-state index contributed by atoms with van der Waals surface area (Å²) in [4.78, 5) is 55.0. The van der Waals surface area contributed by atoms with E-state index in [4.69, 9.17) is 10.5 Å². The van der Waals surface area contributed by atoms with Crippen LogP contribution in [0.3, 0.4) is 0 Å². The average molecular weight is 461 g/mol. The zero-order chi connectivity index (χ0) is 23.1. The van der Waals surface area contributed by atoms with Gasteiger partial charge in [0, 0.05) is 42.8 Å². The number of nitrogens with zero attached hydrogens (tertiary/aromatic N) is 3. The number of thiazole rings is 1. The fraction of sp³-hybridized carbons (Fsp3) is 0.350. The molecule has 2 heterocycles. The van der Waals surface area contributed by atoms with E-state index < -0.39 is 5.91 Å². The van der Waals surface area contributed by atoms with Crippen molar-refractivity contribution in [3.05, 3.63) is 40.9 Å². The van der Waals surface area contributed by atoms with Gasteiger partial charge in [0.05, 0.1) is 18.7 Å². The maximum atomic E-state index is 12.5. The van der Waals surface area contributed by atoms with Gasteiger partial charge in [0.25, 0.3) is 0 Å². The van der Waals surface area contributed by atoms with Gasteiger partial charge in [-0.2, -0.15) is 0 Å². The predicted molar refractivity (Wildman–Crippen MR) is 119 cm³/mol. The largest absolute Gasteiger partial charge is 0.450 e. The van der Waals surface area contributed by atoms with Crippen LogP contribution in [0.5, 0.6) is 0 Å². The monoisotopic (exact) mass is 460 g/mol. The highest BCUT2D eigenvalue weighted by Gasteiger charge is 2.25. The highest BCUT2D eigenvalue weighted by Crippen LogP contribution is 2.18. The first-order chi connectivity index (χ1) is 15.4. The van der Waals surface area contributed by atoms with E-state index in [1.54, 1.807) is 34.2 Å². The quantitative estimate of drug-likeness (QED) is 0.598. The van der Waals surface area contributed by atoms with Crippen molar-refractivity contribution in [2.75, 3.05) is 43.4 Å². The molecule has 0 unspecified atom stereocenters. The lowest BCUT2D eigenvalue weighted by molar-refractivity contribution is -0.115. The summed E-state index contributed by atoms with van der Waals surface area (Å²) in [7, 11) is 0. The van der Waals surface area contributed by atoms with Crippen LogP contribution in [0.4, 0.5) is 20.4 Å². The molecular formula is C20H24N6O5S. The van der Waals surface area contributed by atoms with Gasteiger partial charge in [-0.15, -0.1) is 11.3 Å². The predicted octanol–water partition coefficient (Wildman–Crippen LogP) is 1.73. The van der Waals surface area contributed by atoms with Crippen molar-refractivity contribution in [1.29, 1.82) is 0 Å². The van der Waals surface area contributed by atoms with Crippen molar-refractivity contribution in [3.63, 3.8) is 0 Å². The van der Waals surface area contributed by atoms with E-state index in [2.05, 4.69) is 15.6 Å². The summed E-state index contributed by atoms with van der Waals surface area (Å²) in [6.07, 6.45) is -0.346. The number of primary amides is 1. The molecule has 5 amide bonds. The van der Waals surface area contributed by atoms with Crippen LogP contribution < -0.4 is 16.4 Å². The third-order valence-electron chi connectivity index (χ3n) is 4.65. The molecule has 0 saturated carbocycles. The number of nitrogens with two attached hydrogens (primary N) is 1. The summed E-state index contributed by atoms with van der Waals surface area (Å²) < 4.78 is 4.97. The van der Waals surface area contributed by atoms with Gasteiger partial charge in [-0.3, -0.25) is 14.9 Å². The summed E-state index contributed by atoms with van der Waals surface area (Å²) >= 11 is 1.22. The Morgan fingerprint density at radius 3 is 2.34 bits per heavy atom. The van der Waals surface area contributed by atoms with E-state index in [-0.39, 0.29) is 24.5 Å². The maximum absolute atomic E-state index is 12.5. The second-order valence-corrected chi connectivity index (χ2v) is 7.77. The highest BCUT2D eigenvalue weighted by molar-refractivity contribution is 7.13. The van der Waals surface area contributed by atoms with Crippen LogP contribution in [-0.2, 0) is 16.0 Å². The third kappa shape index (κ3) is 6.17. The molecule has 3 rings (SSSR count). The van der Waals surface area contributed by atoms with Crippen molar-refractivity contribution < 1.29 is 23.9 Å². The molecule has 1 aliphatic heterocycles. The average Bonchev–Trinajstić information content (AvgIpc) is 3.20. The zero-order valence-corrected chi connectivity index (χ0v) is 18.3. The minimum absolute atomic E-state index is 0.0299. The van der Waals surface area contributed by atoms with Crippen LogP contribution in [0, 0.1) is 0 Å². The molecule has 0 spiro atoms. The molecule has 1 fully saturated rings. The first-order valence-electron chi connectivity index (χ1n) is 9.97. The lowest BCUT2D eigenvalue weighted by atomic mass is 10.2. The fourth-order valence-electron chi connectivity index (χ4n) is 3.01. The molecule has 1 aliphatic rings. The van der Waals surface area contributed by atoms with Crippen LogP contribution in [0.2, 0.25) is 0 Å². The molecule has 4 N–H and O–H groups in total. The summed E-state index contributed by atoms with van der Waals surface area (Å²) in [5.41, 5.74) is 6.60. The zero-order valence-electron chi connectivity index (χ0n) is 17.5. The maximum Gasteiger partial charge on any atom is 0.409 e. The van der Waals surface area contributed by atoms with Crippen LogP contribution in [0.1, 0.15) is 23.0 Å². The molecule has 0 atom stereocenters. The second kappa shape index (κ2) is 10.6. The molecule has 1 aromatic carbocycles. The lowest BCUT2D eigenvalue weighted by Crippen LogP contribution is -2.51. The van der Waals surface area contributed by atoms with Crippen LogP contribution in [-0.4, -0.2) is 71.5 Å². The van der Waals surface area contributed by atoms with Crippen molar-refractivity contribution in [3.8, 4) is 0 Å². The van der Waals surface area contributed by atoms with Crippen molar-refractivity contribution in [2.24, 2.45) is 5.73 Å². The molecule has 0 radical (unpaired) electrons. The number of hydrogen-bond acceptors (Lipinski definition) is 7. The van der Waals surface area contributed by atoms with Gasteiger partial charge in [0.15, 0.2) is 5.13 Å². The first kappa shape index (κ1) is 23.0. The number of carbonyl (C=O) groups excluding carboxylic acids is 4. The normalized spacial score (nSPS) is 13.4. The summed E-state index contributed by atoms with van der Waals surface area (Å²) in [5.74, 6) is -0.823. The number of aromatic nitrogens is 1. The van der Waals surface area contributed by atoms with Gasteiger partial charge in [0.1, 0.15) is 0 Å². The Hall–Kier alpha value is -3.67. The molecule has 2 aromatic rings. The number of amides is 5. The number of rotatable bonds is 6.